The van der Waals surface area contributed by atoms with Gasteiger partial charge in [-0.25, -0.2) is 0 Å². The SMILES string of the molecule is CC1(C)CCC(O)(C2(N)CCSCC2)C1. The highest BCUT2D eigenvalue weighted by Crippen LogP contribution is 2.50. The van der Waals surface area contributed by atoms with Crippen LogP contribution in [0.4, 0.5) is 0 Å². The van der Waals surface area contributed by atoms with Gasteiger partial charge in [0.2, 0.25) is 0 Å². The van der Waals surface area contributed by atoms with Gasteiger partial charge in [0.15, 0.2) is 0 Å². The predicted molar refractivity (Wildman–Crippen MR) is 66.1 cm³/mol. The van der Waals surface area contributed by atoms with Gasteiger partial charge < -0.3 is 10.8 Å². The van der Waals surface area contributed by atoms with Crippen LogP contribution in [0.3, 0.4) is 0 Å². The van der Waals surface area contributed by atoms with E-state index in [1.54, 1.807) is 0 Å². The second-order valence-electron chi connectivity index (χ2n) is 6.14. The number of rotatable bonds is 1. The molecule has 0 amide bonds. The lowest BCUT2D eigenvalue weighted by Gasteiger charge is -2.45. The summed E-state index contributed by atoms with van der Waals surface area (Å²) in [5.41, 5.74) is 5.81. The Bertz CT molecular complexity index is 248. The first kappa shape index (κ1) is 11.7. The van der Waals surface area contributed by atoms with Crippen molar-refractivity contribution in [2.45, 2.75) is 57.1 Å². The van der Waals surface area contributed by atoms with Gasteiger partial charge in [-0.15, -0.1) is 0 Å². The Kier molecular flexibility index (Phi) is 2.85. The Labute approximate surface area is 97.0 Å². The predicted octanol–water partition coefficient (Wildman–Crippen LogP) is 2.15. The zero-order valence-corrected chi connectivity index (χ0v) is 10.7. The molecule has 0 radical (unpaired) electrons. The topological polar surface area (TPSA) is 46.2 Å². The van der Waals surface area contributed by atoms with E-state index in [0.29, 0.717) is 0 Å². The first-order valence-electron chi connectivity index (χ1n) is 5.96. The molecule has 3 N–H and O–H groups in total. The van der Waals surface area contributed by atoms with Crippen LogP contribution in [0.25, 0.3) is 0 Å². The van der Waals surface area contributed by atoms with Crippen molar-refractivity contribution in [2.24, 2.45) is 11.1 Å². The standard InChI is InChI=1S/C12H23NOS/c1-10(2)3-4-12(14,9-10)11(13)5-7-15-8-6-11/h14H,3-9,13H2,1-2H3. The van der Waals surface area contributed by atoms with Crippen molar-refractivity contribution in [3.63, 3.8) is 0 Å². The average molecular weight is 229 g/mol. The van der Waals surface area contributed by atoms with E-state index in [1.807, 2.05) is 11.8 Å². The fourth-order valence-corrected chi connectivity index (χ4v) is 4.36. The van der Waals surface area contributed by atoms with Gasteiger partial charge in [-0.1, -0.05) is 13.8 Å². The fourth-order valence-electron chi connectivity index (χ4n) is 3.14. The average Bonchev–Trinajstić information content (AvgIpc) is 2.44. The molecule has 1 aliphatic carbocycles. The summed E-state index contributed by atoms with van der Waals surface area (Å²) < 4.78 is 0. The van der Waals surface area contributed by atoms with Gasteiger partial charge in [0.1, 0.15) is 0 Å². The van der Waals surface area contributed by atoms with E-state index >= 15 is 0 Å². The number of nitrogens with two attached hydrogens (primary N) is 1. The van der Waals surface area contributed by atoms with Crippen molar-refractivity contribution in [1.82, 2.24) is 0 Å². The minimum Gasteiger partial charge on any atom is -0.388 e. The quantitative estimate of drug-likeness (QED) is 0.724. The zero-order valence-electron chi connectivity index (χ0n) is 9.88. The van der Waals surface area contributed by atoms with Crippen molar-refractivity contribution in [2.75, 3.05) is 11.5 Å². The number of hydrogen-bond acceptors (Lipinski definition) is 3. The van der Waals surface area contributed by atoms with Crippen LogP contribution in [0.5, 0.6) is 0 Å². The maximum Gasteiger partial charge on any atom is 0.0832 e. The number of thioether (sulfide) groups is 1. The van der Waals surface area contributed by atoms with Gasteiger partial charge in [-0.3, -0.25) is 0 Å². The van der Waals surface area contributed by atoms with E-state index < -0.39 is 5.60 Å². The normalized spacial score (nSPS) is 39.2. The summed E-state index contributed by atoms with van der Waals surface area (Å²) in [6, 6.07) is 0. The Morgan fingerprint density at radius 3 is 2.13 bits per heavy atom. The molecular weight excluding hydrogens is 206 g/mol. The minimum atomic E-state index is -0.600. The summed E-state index contributed by atoms with van der Waals surface area (Å²) in [5.74, 6) is 2.22. The molecule has 2 nitrogen and oxygen atoms in total. The van der Waals surface area contributed by atoms with Crippen molar-refractivity contribution < 1.29 is 5.11 Å². The van der Waals surface area contributed by atoms with E-state index in [1.165, 1.54) is 0 Å². The molecular formula is C12H23NOS. The molecule has 0 aromatic rings. The maximum atomic E-state index is 10.8. The van der Waals surface area contributed by atoms with Crippen LogP contribution in [0, 0.1) is 5.41 Å². The van der Waals surface area contributed by atoms with Gasteiger partial charge in [0, 0.05) is 5.54 Å². The van der Waals surface area contributed by atoms with Crippen molar-refractivity contribution >= 4 is 11.8 Å². The molecule has 1 saturated carbocycles. The second-order valence-corrected chi connectivity index (χ2v) is 7.37. The van der Waals surface area contributed by atoms with Crippen molar-refractivity contribution in [3.8, 4) is 0 Å². The lowest BCUT2D eigenvalue weighted by atomic mass is 9.73. The van der Waals surface area contributed by atoms with Crippen LogP contribution in [-0.2, 0) is 0 Å². The third kappa shape index (κ3) is 2.06. The molecule has 1 unspecified atom stereocenters. The molecule has 0 spiro atoms. The van der Waals surface area contributed by atoms with Crippen LogP contribution in [0.2, 0.25) is 0 Å². The van der Waals surface area contributed by atoms with Gasteiger partial charge in [-0.05, 0) is 49.0 Å². The Morgan fingerprint density at radius 2 is 1.67 bits per heavy atom. The third-order valence-electron chi connectivity index (χ3n) is 4.30. The van der Waals surface area contributed by atoms with Gasteiger partial charge in [0.05, 0.1) is 5.60 Å². The van der Waals surface area contributed by atoms with E-state index in [0.717, 1.165) is 43.6 Å². The highest BCUT2D eigenvalue weighted by Gasteiger charge is 2.53. The third-order valence-corrected chi connectivity index (χ3v) is 5.28. The lowest BCUT2D eigenvalue weighted by molar-refractivity contribution is -0.0415. The summed E-state index contributed by atoms with van der Waals surface area (Å²) in [6.45, 7) is 4.48. The highest BCUT2D eigenvalue weighted by molar-refractivity contribution is 7.99. The first-order chi connectivity index (χ1) is 6.87. The lowest BCUT2D eigenvalue weighted by Crippen LogP contribution is -2.61. The van der Waals surface area contributed by atoms with Gasteiger partial charge in [-0.2, -0.15) is 11.8 Å². The fraction of sp³-hybridized carbons (Fsp3) is 1.00. The summed E-state index contributed by atoms with van der Waals surface area (Å²) >= 11 is 1.96. The Hall–Kier alpha value is 0.270. The Balaban J connectivity index is 2.15. The summed E-state index contributed by atoms with van der Waals surface area (Å²) in [4.78, 5) is 0. The largest absolute Gasteiger partial charge is 0.388 e. The van der Waals surface area contributed by atoms with Gasteiger partial charge >= 0.3 is 0 Å². The van der Waals surface area contributed by atoms with Crippen LogP contribution in [0.1, 0.15) is 46.0 Å². The molecule has 0 aromatic carbocycles. The molecule has 2 fully saturated rings. The van der Waals surface area contributed by atoms with Crippen LogP contribution in [0.15, 0.2) is 0 Å². The summed E-state index contributed by atoms with van der Waals surface area (Å²) in [7, 11) is 0. The minimum absolute atomic E-state index is 0.270. The van der Waals surface area contributed by atoms with E-state index in [2.05, 4.69) is 13.8 Å². The van der Waals surface area contributed by atoms with Crippen LogP contribution >= 0.6 is 11.8 Å². The molecule has 0 aromatic heterocycles. The maximum absolute atomic E-state index is 10.8. The second kappa shape index (κ2) is 3.64. The van der Waals surface area contributed by atoms with Crippen LogP contribution < -0.4 is 5.73 Å². The van der Waals surface area contributed by atoms with Crippen molar-refractivity contribution in [1.29, 1.82) is 0 Å². The van der Waals surface area contributed by atoms with E-state index in [9.17, 15) is 5.11 Å². The molecule has 2 aliphatic rings. The molecule has 88 valence electrons. The Morgan fingerprint density at radius 1 is 1.07 bits per heavy atom. The molecule has 15 heavy (non-hydrogen) atoms. The smallest absolute Gasteiger partial charge is 0.0832 e. The molecule has 0 bridgehead atoms. The number of hydrogen-bond donors (Lipinski definition) is 2. The van der Waals surface area contributed by atoms with Crippen molar-refractivity contribution in [3.05, 3.63) is 0 Å². The molecule has 1 atom stereocenters. The summed E-state index contributed by atoms with van der Waals surface area (Å²) in [5, 5.41) is 10.8. The van der Waals surface area contributed by atoms with Crippen LogP contribution in [-0.4, -0.2) is 27.8 Å². The first-order valence-corrected chi connectivity index (χ1v) is 7.12. The molecule has 1 heterocycles. The molecule has 1 saturated heterocycles. The molecule has 2 rings (SSSR count). The van der Waals surface area contributed by atoms with E-state index in [4.69, 9.17) is 5.73 Å². The molecule has 1 aliphatic heterocycles. The van der Waals surface area contributed by atoms with Gasteiger partial charge in [0.25, 0.3) is 0 Å². The summed E-state index contributed by atoms with van der Waals surface area (Å²) in [6.07, 6.45) is 4.83. The van der Waals surface area contributed by atoms with E-state index in [-0.39, 0.29) is 11.0 Å². The number of aliphatic hydroxyl groups is 1. The monoisotopic (exact) mass is 229 g/mol. The molecule has 3 heteroatoms. The highest BCUT2D eigenvalue weighted by atomic mass is 32.2. The zero-order chi connectivity index (χ0) is 11.2.